The van der Waals surface area contributed by atoms with E-state index in [0.29, 0.717) is 25.6 Å². The van der Waals surface area contributed by atoms with Gasteiger partial charge >= 0.3 is 0 Å². The van der Waals surface area contributed by atoms with Crippen LogP contribution in [0.25, 0.3) is 0 Å². The fraction of sp³-hybridized carbons (Fsp3) is 0.731. The Morgan fingerprint density at radius 2 is 1.20 bits per heavy atom. The van der Waals surface area contributed by atoms with E-state index < -0.39 is 17.2 Å². The highest BCUT2D eigenvalue weighted by atomic mass is 19.1. The van der Waals surface area contributed by atoms with Gasteiger partial charge in [0.1, 0.15) is 0 Å². The smallest absolute Gasteiger partial charge is 0.264 e. The van der Waals surface area contributed by atoms with E-state index in [2.05, 4.69) is 31.9 Å². The number of carbonyl (C=O) groups excluding carboxylic acids is 3. The summed E-state index contributed by atoms with van der Waals surface area (Å²) in [6.45, 7) is 15.0. The molecule has 0 N–H and O–H groups in total. The average Bonchev–Trinajstić information content (AvgIpc) is 2.81. The third-order valence-electron chi connectivity index (χ3n) is 7.64. The Balaban J connectivity index is 0.000000196. The number of carbonyl (C=O) groups is 3. The third kappa shape index (κ3) is 6.68. The van der Waals surface area contributed by atoms with Crippen LogP contribution in [0.4, 0.5) is 8.78 Å². The average molecular weight is 495 g/mol. The zero-order valence-corrected chi connectivity index (χ0v) is 21.2. The van der Waals surface area contributed by atoms with Crippen molar-refractivity contribution in [1.29, 1.82) is 0 Å². The first-order valence-electron chi connectivity index (χ1n) is 12.7. The van der Waals surface area contributed by atoms with Crippen LogP contribution in [0.15, 0.2) is 25.3 Å². The van der Waals surface area contributed by atoms with Crippen molar-refractivity contribution in [3.63, 3.8) is 0 Å². The molecule has 0 radical (unpaired) electrons. The van der Waals surface area contributed by atoms with Crippen molar-refractivity contribution in [2.75, 3.05) is 58.9 Å². The van der Waals surface area contributed by atoms with E-state index >= 15 is 0 Å². The Hall–Kier alpha value is -2.29. The number of amides is 3. The summed E-state index contributed by atoms with van der Waals surface area (Å²) in [5, 5.41) is 0. The second-order valence-corrected chi connectivity index (χ2v) is 10.8. The van der Waals surface area contributed by atoms with E-state index in [1.165, 1.54) is 15.9 Å². The third-order valence-corrected chi connectivity index (χ3v) is 7.64. The molecular weight excluding hydrogens is 454 g/mol. The maximum Gasteiger partial charge on any atom is 0.264 e. The molecule has 0 bridgehead atoms. The fourth-order valence-electron chi connectivity index (χ4n) is 5.12. The second-order valence-electron chi connectivity index (χ2n) is 10.8. The molecule has 4 fully saturated rings. The van der Waals surface area contributed by atoms with E-state index in [1.807, 2.05) is 0 Å². The van der Waals surface area contributed by atoms with Crippen LogP contribution in [0.1, 0.15) is 39.5 Å². The van der Waals surface area contributed by atoms with Gasteiger partial charge in [-0.05, 0) is 62.8 Å². The van der Waals surface area contributed by atoms with Crippen LogP contribution >= 0.6 is 0 Å². The number of rotatable bonds is 5. The van der Waals surface area contributed by atoms with E-state index in [4.69, 9.17) is 0 Å². The molecule has 0 aromatic carbocycles. The molecule has 196 valence electrons. The molecule has 3 amide bonds. The predicted molar refractivity (Wildman–Crippen MR) is 131 cm³/mol. The van der Waals surface area contributed by atoms with Gasteiger partial charge in [0.05, 0.1) is 26.2 Å². The van der Waals surface area contributed by atoms with Crippen LogP contribution in [0.5, 0.6) is 0 Å². The molecule has 0 spiro atoms. The lowest BCUT2D eigenvalue weighted by Gasteiger charge is -2.47. The van der Waals surface area contributed by atoms with Crippen LogP contribution in [0.2, 0.25) is 0 Å². The predicted octanol–water partition coefficient (Wildman–Crippen LogP) is 2.44. The topological polar surface area (TPSA) is 64.2 Å². The minimum absolute atomic E-state index is 0.136. The van der Waals surface area contributed by atoms with Crippen molar-refractivity contribution in [2.45, 2.75) is 50.9 Å². The van der Waals surface area contributed by atoms with Crippen molar-refractivity contribution >= 4 is 17.7 Å². The summed E-state index contributed by atoms with van der Waals surface area (Å²) in [5.74, 6) is 0.434. The Bertz CT molecular complexity index is 807. The number of hydrogen-bond donors (Lipinski definition) is 0. The van der Waals surface area contributed by atoms with Gasteiger partial charge in [-0.2, -0.15) is 0 Å². The van der Waals surface area contributed by atoms with Crippen LogP contribution in [0, 0.1) is 11.8 Å². The van der Waals surface area contributed by atoms with Gasteiger partial charge in [-0.25, -0.2) is 8.78 Å². The number of likely N-dealkylation sites (tertiary alicyclic amines) is 4. The van der Waals surface area contributed by atoms with E-state index in [0.717, 1.165) is 50.8 Å². The lowest BCUT2D eigenvalue weighted by Crippen LogP contribution is -2.68. The lowest BCUT2D eigenvalue weighted by molar-refractivity contribution is -0.162. The molecule has 4 aliphatic heterocycles. The molecule has 0 aliphatic carbocycles. The summed E-state index contributed by atoms with van der Waals surface area (Å²) in [4.78, 5) is 41.1. The van der Waals surface area contributed by atoms with Crippen molar-refractivity contribution in [3.8, 4) is 0 Å². The molecule has 0 saturated carbocycles. The zero-order valence-electron chi connectivity index (χ0n) is 21.2. The number of nitrogens with zero attached hydrogens (tertiary/aromatic N) is 4. The van der Waals surface area contributed by atoms with E-state index in [9.17, 15) is 23.2 Å². The molecule has 0 aromatic heterocycles. The quantitative estimate of drug-likeness (QED) is 0.551. The van der Waals surface area contributed by atoms with Gasteiger partial charge < -0.3 is 14.7 Å². The molecule has 4 saturated heterocycles. The second kappa shape index (κ2) is 11.2. The van der Waals surface area contributed by atoms with Crippen molar-refractivity contribution in [3.05, 3.63) is 25.3 Å². The Morgan fingerprint density at radius 3 is 1.66 bits per heavy atom. The van der Waals surface area contributed by atoms with Crippen molar-refractivity contribution in [1.82, 2.24) is 19.6 Å². The first-order chi connectivity index (χ1) is 16.5. The van der Waals surface area contributed by atoms with Gasteiger partial charge in [0, 0.05) is 19.6 Å². The molecule has 0 atom stereocenters. The van der Waals surface area contributed by atoms with Crippen LogP contribution in [0.3, 0.4) is 0 Å². The van der Waals surface area contributed by atoms with E-state index in [-0.39, 0.29) is 38.0 Å². The Labute approximate surface area is 207 Å². The highest BCUT2D eigenvalue weighted by molar-refractivity contribution is 5.93. The summed E-state index contributed by atoms with van der Waals surface area (Å²) < 4.78 is 28.6. The minimum Gasteiger partial charge on any atom is -0.340 e. The van der Waals surface area contributed by atoms with Gasteiger partial charge in [-0.15, -0.1) is 0 Å². The molecule has 4 rings (SSSR count). The fourth-order valence-corrected chi connectivity index (χ4v) is 5.12. The summed E-state index contributed by atoms with van der Waals surface area (Å²) >= 11 is 0. The van der Waals surface area contributed by atoms with Crippen molar-refractivity contribution in [2.24, 2.45) is 11.8 Å². The summed E-state index contributed by atoms with van der Waals surface area (Å²) in [6, 6.07) is 0. The number of halogens is 2. The van der Waals surface area contributed by atoms with E-state index in [1.54, 1.807) is 4.90 Å². The van der Waals surface area contributed by atoms with Crippen LogP contribution in [-0.4, -0.2) is 108 Å². The Morgan fingerprint density at radius 1 is 0.771 bits per heavy atom. The SMILES string of the molecule is C=CC(=O)N1CC(F)(C(=O)N2CCC(C)CC2)C1.C=CC(=O)N1CC(F)(CN2CCC(C)CC2)C1. The Kier molecular flexibility index (Phi) is 8.72. The van der Waals surface area contributed by atoms with Gasteiger partial charge in [-0.3, -0.25) is 19.3 Å². The molecule has 0 unspecified atom stereocenters. The molecular formula is C26H40F2N4O3. The molecule has 35 heavy (non-hydrogen) atoms. The largest absolute Gasteiger partial charge is 0.340 e. The van der Waals surface area contributed by atoms with Gasteiger partial charge in [-0.1, -0.05) is 27.0 Å². The summed E-state index contributed by atoms with van der Waals surface area (Å²) in [5.41, 5.74) is -3.07. The maximum atomic E-state index is 14.3. The van der Waals surface area contributed by atoms with Gasteiger partial charge in [0.15, 0.2) is 5.67 Å². The number of hydrogen-bond acceptors (Lipinski definition) is 4. The maximum absolute atomic E-state index is 14.3. The number of alkyl halides is 2. The highest BCUT2D eigenvalue weighted by Gasteiger charge is 2.53. The standard InChI is InChI=1S/C13H19FN2O2.C13H21FN2O/c1-3-11(17)16-8-13(14,9-16)12(18)15-6-4-10(2)5-7-15;1-3-12(17)16-9-13(14,10-16)8-15-6-4-11(2)5-7-15/h3,10H,1,4-9H2,2H3;3,11H,1,4-10H2,2H3. The minimum atomic E-state index is -1.88. The molecule has 0 aromatic rings. The van der Waals surface area contributed by atoms with Crippen molar-refractivity contribution < 1.29 is 23.2 Å². The molecule has 4 aliphatic rings. The first-order valence-corrected chi connectivity index (χ1v) is 12.7. The normalized spacial score (nSPS) is 24.4. The van der Waals surface area contributed by atoms with Gasteiger partial charge in [0.2, 0.25) is 17.5 Å². The molecule has 4 heterocycles. The monoisotopic (exact) mass is 494 g/mol. The highest BCUT2D eigenvalue weighted by Crippen LogP contribution is 2.30. The van der Waals surface area contributed by atoms with Gasteiger partial charge in [0.25, 0.3) is 5.91 Å². The van der Waals surface area contributed by atoms with Crippen LogP contribution < -0.4 is 0 Å². The lowest BCUT2D eigenvalue weighted by atomic mass is 9.92. The zero-order chi connectivity index (χ0) is 25.8. The first kappa shape index (κ1) is 27.3. The number of piperidine rings is 2. The summed E-state index contributed by atoms with van der Waals surface area (Å²) in [6.07, 6.45) is 6.57. The van der Waals surface area contributed by atoms with Crippen LogP contribution in [-0.2, 0) is 14.4 Å². The molecule has 9 heteroatoms. The summed E-state index contributed by atoms with van der Waals surface area (Å²) in [7, 11) is 0. The molecule has 7 nitrogen and oxygen atoms in total.